The van der Waals surface area contributed by atoms with E-state index in [4.69, 9.17) is 16.5 Å². The largest absolute Gasteiger partial charge is 0.421 e. The highest BCUT2D eigenvalue weighted by Gasteiger charge is 2.70. The number of aromatic nitrogens is 7. The molecule has 0 spiro atoms. The lowest BCUT2D eigenvalue weighted by Crippen LogP contribution is -2.61. The smallest absolute Gasteiger partial charge is 0.383 e. The molecule has 2 fully saturated rings. The number of piperidine rings is 1. The van der Waals surface area contributed by atoms with Crippen LogP contribution in [0.1, 0.15) is 70.9 Å². The molecule has 1 amide bonds. The molecule has 0 aliphatic carbocycles. The van der Waals surface area contributed by atoms with Gasteiger partial charge in [0.15, 0.2) is 11.4 Å². The maximum absolute atomic E-state index is 13.5. The number of H-pyrrole nitrogens is 1. The van der Waals surface area contributed by atoms with E-state index in [-0.39, 0.29) is 63.7 Å². The predicted molar refractivity (Wildman–Crippen MR) is 140 cm³/mol. The van der Waals surface area contributed by atoms with Crippen LogP contribution in [0, 0.1) is 0 Å². The Morgan fingerprint density at radius 2 is 1.68 bits per heavy atom. The molecule has 2 aliphatic heterocycles. The number of hydrogen-bond donors (Lipinski definition) is 3. The third-order valence-corrected chi connectivity index (χ3v) is 8.41. The maximum Gasteiger partial charge on any atom is 0.421 e. The molecule has 1 unspecified atom stereocenters. The van der Waals surface area contributed by atoms with Gasteiger partial charge in [0.1, 0.15) is 12.1 Å². The van der Waals surface area contributed by atoms with Crippen LogP contribution in [-0.4, -0.2) is 75.8 Å². The van der Waals surface area contributed by atoms with E-state index in [1.54, 1.807) is 4.90 Å². The number of aromatic amines is 1. The zero-order valence-corrected chi connectivity index (χ0v) is 22.8. The number of Topliss-reactive ketones (excluding diaryl/α,β-unsaturated/α-hetero) is 1. The van der Waals surface area contributed by atoms with E-state index in [9.17, 15) is 35.9 Å². The molecule has 232 valence electrons. The fourth-order valence-corrected chi connectivity index (χ4v) is 6.29. The van der Waals surface area contributed by atoms with Gasteiger partial charge in [0.2, 0.25) is 5.82 Å². The van der Waals surface area contributed by atoms with Crippen LogP contribution in [-0.2, 0) is 5.54 Å². The van der Waals surface area contributed by atoms with Crippen LogP contribution < -0.4 is 11.5 Å². The average Bonchev–Trinajstić information content (AvgIpc) is 3.69. The van der Waals surface area contributed by atoms with Gasteiger partial charge in [-0.05, 0) is 38.7 Å². The molecule has 12 nitrogen and oxygen atoms in total. The summed E-state index contributed by atoms with van der Waals surface area (Å²) in [5, 5.41) is 11.7. The molecular weight excluding hydrogens is 598 g/mol. The van der Waals surface area contributed by atoms with Crippen molar-refractivity contribution in [2.24, 2.45) is 5.73 Å². The highest BCUT2D eigenvalue weighted by Crippen LogP contribution is 2.48. The maximum atomic E-state index is 13.5. The van der Waals surface area contributed by atoms with E-state index in [0.29, 0.717) is 24.6 Å². The van der Waals surface area contributed by atoms with Crippen molar-refractivity contribution >= 4 is 23.2 Å². The number of ketones is 1. The van der Waals surface area contributed by atoms with Gasteiger partial charge in [-0.15, -0.1) is 10.2 Å². The van der Waals surface area contributed by atoms with Gasteiger partial charge in [-0.2, -0.15) is 36.0 Å². The van der Waals surface area contributed by atoms with Crippen molar-refractivity contribution < 1.29 is 35.9 Å². The Kier molecular flexibility index (Phi) is 6.67. The third kappa shape index (κ3) is 4.37. The van der Waals surface area contributed by atoms with Crippen LogP contribution in [0.15, 0.2) is 30.9 Å². The monoisotopic (exact) mass is 622 g/mol. The summed E-state index contributed by atoms with van der Waals surface area (Å²) in [7, 11) is 0. The standard InChI is InChI=1S/C26H24F6N10O2/c1-11(43)18-19(13-6-14-3-4-15(7-13)41(14)23(44)21-36-10-37-40-21)39-22-16(9-38-42(22)20(18)33)12-2-5-17(35-8-12)24(34,25(27,28)29)26(30,31)32/h2,5,8-10,13-15H,3-4,6-7,33-34H2,1H3,(H,36,37,40)/t13?,14-,15+. The van der Waals surface area contributed by atoms with Crippen molar-refractivity contribution in [2.75, 3.05) is 5.73 Å². The highest BCUT2D eigenvalue weighted by atomic mass is 19.4. The number of rotatable bonds is 5. The zero-order chi connectivity index (χ0) is 31.8. The Morgan fingerprint density at radius 1 is 1.02 bits per heavy atom. The van der Waals surface area contributed by atoms with Gasteiger partial charge in [-0.25, -0.2) is 4.98 Å². The van der Waals surface area contributed by atoms with E-state index < -0.39 is 23.6 Å². The quantitative estimate of drug-likeness (QED) is 0.222. The van der Waals surface area contributed by atoms with Gasteiger partial charge in [-0.1, -0.05) is 6.07 Å². The number of halogens is 6. The Morgan fingerprint density at radius 3 is 2.20 bits per heavy atom. The first-order chi connectivity index (χ1) is 20.6. The number of alkyl halides is 6. The number of pyridine rings is 1. The van der Waals surface area contributed by atoms with Crippen molar-refractivity contribution in [3.63, 3.8) is 0 Å². The van der Waals surface area contributed by atoms with E-state index >= 15 is 0 Å². The first-order valence-corrected chi connectivity index (χ1v) is 13.4. The van der Waals surface area contributed by atoms with Crippen LogP contribution in [0.5, 0.6) is 0 Å². The summed E-state index contributed by atoms with van der Waals surface area (Å²) in [5.74, 6) is -0.863. The molecule has 44 heavy (non-hydrogen) atoms. The Bertz CT molecular complexity index is 1720. The van der Waals surface area contributed by atoms with Crippen LogP contribution in [0.25, 0.3) is 16.8 Å². The molecule has 0 saturated carbocycles. The number of fused-ring (bicyclic) bond motifs is 3. The minimum atomic E-state index is -5.87. The molecule has 4 aromatic rings. The molecule has 2 bridgehead atoms. The third-order valence-electron chi connectivity index (χ3n) is 8.41. The van der Waals surface area contributed by atoms with Gasteiger partial charge in [0.05, 0.1) is 23.1 Å². The van der Waals surface area contributed by atoms with Gasteiger partial charge in [0.25, 0.3) is 11.4 Å². The molecule has 5 N–H and O–H groups in total. The predicted octanol–water partition coefficient (Wildman–Crippen LogP) is 3.52. The zero-order valence-electron chi connectivity index (χ0n) is 22.8. The molecule has 18 heteroatoms. The second-order valence-corrected chi connectivity index (χ2v) is 10.9. The molecular formula is C26H24F6N10O2. The van der Waals surface area contributed by atoms with Gasteiger partial charge in [0, 0.05) is 35.3 Å². The van der Waals surface area contributed by atoms with E-state index in [2.05, 4.69) is 25.3 Å². The summed E-state index contributed by atoms with van der Waals surface area (Å²) in [6.07, 6.45) is -5.96. The van der Waals surface area contributed by atoms with E-state index in [0.717, 1.165) is 25.1 Å². The van der Waals surface area contributed by atoms with E-state index in [1.807, 2.05) is 0 Å². The topological polar surface area (TPSA) is 174 Å². The Labute approximate surface area is 243 Å². The van der Waals surface area contributed by atoms with Crippen LogP contribution in [0.3, 0.4) is 0 Å². The van der Waals surface area contributed by atoms with Crippen molar-refractivity contribution in [1.29, 1.82) is 0 Å². The summed E-state index contributed by atoms with van der Waals surface area (Å²) >= 11 is 0. The summed E-state index contributed by atoms with van der Waals surface area (Å²) in [4.78, 5) is 38.5. The molecule has 3 atom stereocenters. The van der Waals surface area contributed by atoms with Crippen molar-refractivity contribution in [3.8, 4) is 11.1 Å². The number of carbonyl (C=O) groups is 2. The normalized spacial score (nSPS) is 20.8. The first kappa shape index (κ1) is 29.5. The number of nitrogens with two attached hydrogens (primary N) is 2. The van der Waals surface area contributed by atoms with Crippen LogP contribution in [0.4, 0.5) is 32.2 Å². The lowest BCUT2D eigenvalue weighted by molar-refractivity contribution is -0.303. The second kappa shape index (κ2) is 9.96. The number of carbonyl (C=O) groups excluding carboxylic acids is 2. The van der Waals surface area contributed by atoms with Crippen molar-refractivity contribution in [2.45, 2.75) is 68.5 Å². The highest BCUT2D eigenvalue weighted by molar-refractivity contribution is 6.00. The SMILES string of the molecule is CC(=O)c1c(C2C[C@H]3CC[C@@H](C2)N3C(=O)c2nnc[nH]2)nc2c(-c3ccc(C(N)(C(F)(F)F)C(F)(F)F)nc3)cnn2c1N. The lowest BCUT2D eigenvalue weighted by atomic mass is 9.85. The lowest BCUT2D eigenvalue weighted by Gasteiger charge is -2.38. The van der Waals surface area contributed by atoms with Gasteiger partial charge < -0.3 is 21.4 Å². The average molecular weight is 623 g/mol. The summed E-state index contributed by atoms with van der Waals surface area (Å²) in [6, 6.07) is 1.21. The number of amides is 1. The van der Waals surface area contributed by atoms with Gasteiger partial charge >= 0.3 is 12.4 Å². The number of nitrogen functional groups attached to an aromatic ring is 1. The Hall–Kier alpha value is -4.61. The molecule has 0 radical (unpaired) electrons. The van der Waals surface area contributed by atoms with Crippen molar-refractivity contribution in [1.82, 2.24) is 39.7 Å². The number of hydrogen-bond acceptors (Lipinski definition) is 9. The minimum absolute atomic E-state index is 0.0315. The van der Waals surface area contributed by atoms with Crippen LogP contribution >= 0.6 is 0 Å². The summed E-state index contributed by atoms with van der Waals surface area (Å²) < 4.78 is 81.9. The molecule has 0 aromatic carbocycles. The van der Waals surface area contributed by atoms with E-state index in [1.165, 1.54) is 24.0 Å². The number of nitrogens with one attached hydrogen (secondary N) is 1. The molecule has 6 rings (SSSR count). The second-order valence-electron chi connectivity index (χ2n) is 10.9. The molecule has 6 heterocycles. The summed E-state index contributed by atoms with van der Waals surface area (Å²) in [5.41, 5.74) is 6.06. The number of nitrogens with zero attached hydrogens (tertiary/aromatic N) is 7. The molecule has 4 aromatic heterocycles. The fraction of sp³-hybridized carbons (Fsp3) is 0.423. The fourth-order valence-electron chi connectivity index (χ4n) is 6.29. The van der Waals surface area contributed by atoms with Crippen LogP contribution in [0.2, 0.25) is 0 Å². The molecule has 2 aliphatic rings. The van der Waals surface area contributed by atoms with Crippen molar-refractivity contribution in [3.05, 3.63) is 53.6 Å². The van der Waals surface area contributed by atoms with Gasteiger partial charge in [-0.3, -0.25) is 14.6 Å². The molecule has 2 saturated heterocycles. The Balaban J connectivity index is 1.39. The number of anilines is 1. The summed E-state index contributed by atoms with van der Waals surface area (Å²) in [6.45, 7) is 1.33. The first-order valence-electron chi connectivity index (χ1n) is 13.4. The minimum Gasteiger partial charge on any atom is -0.383 e.